The van der Waals surface area contributed by atoms with E-state index >= 15 is 0 Å². The molecule has 2 aromatic heterocycles. The molecule has 0 aliphatic carbocycles. The number of hydrogen-bond donors (Lipinski definition) is 0. The maximum absolute atomic E-state index is 12.7. The molecular formula is C20H22N6O2. The Hall–Kier alpha value is -3.42. The average Bonchev–Trinajstić information content (AvgIpc) is 3.29. The van der Waals surface area contributed by atoms with Gasteiger partial charge in [0.05, 0.1) is 0 Å². The molecule has 1 aliphatic heterocycles. The predicted octanol–water partition coefficient (Wildman–Crippen LogP) is 1.78. The molecule has 1 aliphatic rings. The smallest absolute Gasteiger partial charge is 0.263 e. The highest BCUT2D eigenvalue weighted by atomic mass is 16.5. The largest absolute Gasteiger partial charge is 0.481 e. The second kappa shape index (κ2) is 8.08. The molecule has 1 aromatic carbocycles. The molecule has 0 N–H and O–H groups in total. The molecule has 0 radical (unpaired) electrons. The number of piperazine rings is 1. The number of nitrogens with zero attached hydrogens (tertiary/aromatic N) is 6. The minimum atomic E-state index is -0.512. The molecule has 0 bridgehead atoms. The van der Waals surface area contributed by atoms with Gasteiger partial charge in [0.1, 0.15) is 5.75 Å². The number of anilines is 1. The lowest BCUT2D eigenvalue weighted by molar-refractivity contribution is -0.138. The Morgan fingerprint density at radius 1 is 0.964 bits per heavy atom. The summed E-state index contributed by atoms with van der Waals surface area (Å²) in [6, 6.07) is 15.1. The lowest BCUT2D eigenvalue weighted by Gasteiger charge is -2.36. The number of amides is 1. The number of rotatable bonds is 5. The molecule has 3 heterocycles. The van der Waals surface area contributed by atoms with Crippen LogP contribution < -0.4 is 9.64 Å². The molecule has 28 heavy (non-hydrogen) atoms. The molecule has 0 spiro atoms. The van der Waals surface area contributed by atoms with Gasteiger partial charge in [-0.2, -0.15) is 5.10 Å². The summed E-state index contributed by atoms with van der Waals surface area (Å²) >= 11 is 0. The van der Waals surface area contributed by atoms with Crippen molar-refractivity contribution in [3.8, 4) is 11.6 Å². The fraction of sp³-hybridized carbons (Fsp3) is 0.300. The number of ether oxygens (including phenoxy) is 1. The van der Waals surface area contributed by atoms with Gasteiger partial charge in [-0.15, -0.1) is 10.2 Å². The van der Waals surface area contributed by atoms with Crippen molar-refractivity contribution in [2.75, 3.05) is 31.1 Å². The van der Waals surface area contributed by atoms with Gasteiger partial charge in [0.15, 0.2) is 17.7 Å². The van der Waals surface area contributed by atoms with Crippen molar-refractivity contribution in [2.24, 2.45) is 0 Å². The van der Waals surface area contributed by atoms with E-state index in [1.54, 1.807) is 17.8 Å². The quantitative estimate of drug-likeness (QED) is 0.674. The van der Waals surface area contributed by atoms with E-state index in [9.17, 15) is 4.79 Å². The summed E-state index contributed by atoms with van der Waals surface area (Å²) in [5.74, 6) is 2.18. The van der Waals surface area contributed by atoms with E-state index < -0.39 is 6.10 Å². The molecule has 0 unspecified atom stereocenters. The second-order valence-corrected chi connectivity index (χ2v) is 6.59. The van der Waals surface area contributed by atoms with Crippen LogP contribution in [0.2, 0.25) is 0 Å². The third-order valence-corrected chi connectivity index (χ3v) is 4.69. The summed E-state index contributed by atoms with van der Waals surface area (Å²) in [5.41, 5.74) is 0. The van der Waals surface area contributed by atoms with Crippen molar-refractivity contribution in [3.63, 3.8) is 0 Å². The number of aromatic nitrogens is 4. The molecule has 0 saturated carbocycles. The maximum atomic E-state index is 12.7. The number of carbonyl (C=O) groups excluding carboxylic acids is 1. The molecule has 1 atom stereocenters. The average molecular weight is 378 g/mol. The Bertz CT molecular complexity index is 890. The van der Waals surface area contributed by atoms with E-state index in [2.05, 4.69) is 20.2 Å². The van der Waals surface area contributed by atoms with E-state index in [1.165, 1.54) is 0 Å². The topological polar surface area (TPSA) is 76.4 Å². The van der Waals surface area contributed by atoms with Crippen molar-refractivity contribution < 1.29 is 9.53 Å². The van der Waals surface area contributed by atoms with Crippen LogP contribution in [-0.2, 0) is 4.79 Å². The minimum absolute atomic E-state index is 0.00335. The molecule has 1 saturated heterocycles. The van der Waals surface area contributed by atoms with E-state index in [4.69, 9.17) is 4.74 Å². The number of benzene rings is 1. The molecule has 8 heteroatoms. The summed E-state index contributed by atoms with van der Waals surface area (Å²) in [6.45, 7) is 4.47. The fourth-order valence-electron chi connectivity index (χ4n) is 3.18. The highest BCUT2D eigenvalue weighted by Gasteiger charge is 2.26. The molecule has 4 rings (SSSR count). The maximum Gasteiger partial charge on any atom is 0.263 e. The minimum Gasteiger partial charge on any atom is -0.481 e. The highest BCUT2D eigenvalue weighted by molar-refractivity contribution is 5.81. The van der Waals surface area contributed by atoms with Crippen LogP contribution in [-0.4, -0.2) is 63.1 Å². The van der Waals surface area contributed by atoms with Crippen molar-refractivity contribution in [1.82, 2.24) is 24.9 Å². The van der Waals surface area contributed by atoms with Crippen LogP contribution >= 0.6 is 0 Å². The van der Waals surface area contributed by atoms with E-state index in [0.29, 0.717) is 37.7 Å². The van der Waals surface area contributed by atoms with Crippen LogP contribution in [0, 0.1) is 0 Å². The number of carbonyl (C=O) groups is 1. The fourth-order valence-corrected chi connectivity index (χ4v) is 3.18. The summed E-state index contributed by atoms with van der Waals surface area (Å²) < 4.78 is 7.42. The van der Waals surface area contributed by atoms with Gasteiger partial charge in [0.25, 0.3) is 5.91 Å². The number of para-hydroxylation sites is 1. The summed E-state index contributed by atoms with van der Waals surface area (Å²) in [7, 11) is 0. The first kappa shape index (κ1) is 18.0. The van der Waals surface area contributed by atoms with Gasteiger partial charge in [-0.05, 0) is 37.3 Å². The third-order valence-electron chi connectivity index (χ3n) is 4.69. The van der Waals surface area contributed by atoms with E-state index in [-0.39, 0.29) is 5.91 Å². The van der Waals surface area contributed by atoms with Crippen LogP contribution in [0.4, 0.5) is 5.82 Å². The van der Waals surface area contributed by atoms with Crippen molar-refractivity contribution in [1.29, 1.82) is 0 Å². The summed E-state index contributed by atoms with van der Waals surface area (Å²) in [6.07, 6.45) is 3.02. The Morgan fingerprint density at radius 3 is 2.32 bits per heavy atom. The summed E-state index contributed by atoms with van der Waals surface area (Å²) in [4.78, 5) is 16.6. The molecule has 1 fully saturated rings. The van der Waals surface area contributed by atoms with E-state index in [0.717, 1.165) is 5.82 Å². The molecular weight excluding hydrogens is 356 g/mol. The third kappa shape index (κ3) is 3.95. The SMILES string of the molecule is C[C@H](Oc1ccccc1)C(=O)N1CCN(c2ccc(-n3cccn3)nn2)CC1. The van der Waals surface area contributed by atoms with Crippen LogP contribution in [0.25, 0.3) is 5.82 Å². The first-order valence-corrected chi connectivity index (χ1v) is 9.30. The van der Waals surface area contributed by atoms with Gasteiger partial charge in [-0.3, -0.25) is 4.79 Å². The Kier molecular flexibility index (Phi) is 5.18. The Labute approximate surface area is 163 Å². The zero-order chi connectivity index (χ0) is 19.3. The second-order valence-electron chi connectivity index (χ2n) is 6.59. The lowest BCUT2D eigenvalue weighted by atomic mass is 10.2. The standard InChI is InChI=1S/C20H22N6O2/c1-16(28-17-6-3-2-4-7-17)20(27)25-14-12-24(13-15-25)18-8-9-19(23-22-18)26-11-5-10-21-26/h2-11,16H,12-15H2,1H3/t16-/m0/s1. The Balaban J connectivity index is 1.32. The van der Waals surface area contributed by atoms with Gasteiger partial charge in [-0.1, -0.05) is 18.2 Å². The van der Waals surface area contributed by atoms with Gasteiger partial charge in [-0.25, -0.2) is 4.68 Å². The molecule has 8 nitrogen and oxygen atoms in total. The summed E-state index contributed by atoms with van der Waals surface area (Å²) in [5, 5.41) is 12.7. The van der Waals surface area contributed by atoms with Crippen molar-refractivity contribution in [3.05, 3.63) is 60.9 Å². The van der Waals surface area contributed by atoms with Crippen molar-refractivity contribution >= 4 is 11.7 Å². The first-order valence-electron chi connectivity index (χ1n) is 9.30. The van der Waals surface area contributed by atoms with Crippen molar-refractivity contribution in [2.45, 2.75) is 13.0 Å². The molecule has 3 aromatic rings. The van der Waals surface area contributed by atoms with Gasteiger partial charge in [0, 0.05) is 38.6 Å². The molecule has 1 amide bonds. The molecule has 144 valence electrons. The zero-order valence-electron chi connectivity index (χ0n) is 15.7. The normalized spacial score (nSPS) is 15.3. The van der Waals surface area contributed by atoms with Gasteiger partial charge >= 0.3 is 0 Å². The highest BCUT2D eigenvalue weighted by Crippen LogP contribution is 2.16. The van der Waals surface area contributed by atoms with Crippen LogP contribution in [0.1, 0.15) is 6.92 Å². The zero-order valence-corrected chi connectivity index (χ0v) is 15.7. The first-order chi connectivity index (χ1) is 13.7. The van der Waals surface area contributed by atoms with Gasteiger partial charge in [0.2, 0.25) is 0 Å². The van der Waals surface area contributed by atoms with Crippen LogP contribution in [0.3, 0.4) is 0 Å². The number of hydrogen-bond acceptors (Lipinski definition) is 6. The van der Waals surface area contributed by atoms with E-state index in [1.807, 2.05) is 59.6 Å². The predicted molar refractivity (Wildman–Crippen MR) is 104 cm³/mol. The lowest BCUT2D eigenvalue weighted by Crippen LogP contribution is -2.52. The van der Waals surface area contributed by atoms with Crippen LogP contribution in [0.5, 0.6) is 5.75 Å². The Morgan fingerprint density at radius 2 is 1.68 bits per heavy atom. The monoisotopic (exact) mass is 378 g/mol. The van der Waals surface area contributed by atoms with Crippen LogP contribution in [0.15, 0.2) is 60.9 Å². The van der Waals surface area contributed by atoms with Gasteiger partial charge < -0.3 is 14.5 Å².